The predicted octanol–water partition coefficient (Wildman–Crippen LogP) is 5.12. The number of nitrogens with one attached hydrogen (secondary N) is 2. The normalized spacial score (nSPS) is 10.9. The van der Waals surface area contributed by atoms with Crippen molar-refractivity contribution >= 4 is 35.1 Å². The standard InChI is InChI=1S/C21H19F2N3O2S2/c1-13-15(19(28)26-21(24-13)30-20(22)23)11-12-18(27)25-16-9-5-6-10-17(16)29-14-7-3-2-4-8-14/h2-10,20H,11-12H2,1H3,(H,25,27)(H,24,26,28). The SMILES string of the molecule is Cc1nc(SC(F)F)[nH]c(=O)c1CCC(=O)Nc1ccccc1Sc1ccccc1. The summed E-state index contributed by atoms with van der Waals surface area (Å²) in [6.45, 7) is 1.57. The lowest BCUT2D eigenvalue weighted by Gasteiger charge is -2.11. The zero-order valence-electron chi connectivity index (χ0n) is 16.0. The Kier molecular flexibility index (Phi) is 7.64. The van der Waals surface area contributed by atoms with Gasteiger partial charge in [0.2, 0.25) is 5.91 Å². The maximum absolute atomic E-state index is 12.5. The number of anilines is 1. The van der Waals surface area contributed by atoms with Gasteiger partial charge in [-0.2, -0.15) is 8.78 Å². The highest BCUT2D eigenvalue weighted by atomic mass is 32.2. The Bertz CT molecular complexity index is 1080. The van der Waals surface area contributed by atoms with Crippen molar-refractivity contribution in [2.75, 3.05) is 5.32 Å². The molecule has 0 saturated carbocycles. The molecule has 2 N–H and O–H groups in total. The maximum atomic E-state index is 12.5. The lowest BCUT2D eigenvalue weighted by Crippen LogP contribution is -2.20. The smallest absolute Gasteiger partial charge is 0.291 e. The number of aromatic amines is 1. The minimum atomic E-state index is -2.67. The van der Waals surface area contributed by atoms with E-state index in [0.29, 0.717) is 16.9 Å². The number of rotatable bonds is 8. The second-order valence-corrected chi connectivity index (χ2v) is 8.37. The Labute approximate surface area is 180 Å². The van der Waals surface area contributed by atoms with E-state index in [1.165, 1.54) is 11.8 Å². The summed E-state index contributed by atoms with van der Waals surface area (Å²) < 4.78 is 24.9. The number of alkyl halides is 2. The summed E-state index contributed by atoms with van der Waals surface area (Å²) in [7, 11) is 0. The molecule has 30 heavy (non-hydrogen) atoms. The molecule has 1 amide bonds. The van der Waals surface area contributed by atoms with Crippen molar-refractivity contribution in [3.63, 3.8) is 0 Å². The zero-order valence-corrected chi connectivity index (χ0v) is 17.7. The number of nitrogens with zero attached hydrogens (tertiary/aromatic N) is 1. The second-order valence-electron chi connectivity index (χ2n) is 6.27. The maximum Gasteiger partial charge on any atom is 0.291 e. The first-order valence-electron chi connectivity index (χ1n) is 9.09. The van der Waals surface area contributed by atoms with Crippen LogP contribution in [0.3, 0.4) is 0 Å². The summed E-state index contributed by atoms with van der Waals surface area (Å²) in [5.74, 6) is -2.92. The Morgan fingerprint density at radius 3 is 2.53 bits per heavy atom. The topological polar surface area (TPSA) is 74.8 Å². The van der Waals surface area contributed by atoms with E-state index in [0.717, 1.165) is 9.79 Å². The number of carbonyl (C=O) groups excluding carboxylic acids is 1. The van der Waals surface area contributed by atoms with Crippen molar-refractivity contribution in [2.24, 2.45) is 0 Å². The van der Waals surface area contributed by atoms with Crippen LogP contribution in [0.25, 0.3) is 0 Å². The number of benzene rings is 2. The van der Waals surface area contributed by atoms with Crippen molar-refractivity contribution in [2.45, 2.75) is 40.5 Å². The molecular weight excluding hydrogens is 428 g/mol. The van der Waals surface area contributed by atoms with E-state index in [9.17, 15) is 18.4 Å². The molecular formula is C21H19F2N3O2S2. The van der Waals surface area contributed by atoms with Crippen LogP contribution in [0.4, 0.5) is 14.5 Å². The van der Waals surface area contributed by atoms with Crippen molar-refractivity contribution < 1.29 is 13.6 Å². The zero-order chi connectivity index (χ0) is 21.5. The molecule has 0 aliphatic rings. The van der Waals surface area contributed by atoms with E-state index in [4.69, 9.17) is 0 Å². The summed E-state index contributed by atoms with van der Waals surface area (Å²) in [5.41, 5.74) is 0.840. The van der Waals surface area contributed by atoms with Crippen LogP contribution in [0.5, 0.6) is 0 Å². The molecule has 3 rings (SSSR count). The number of carbonyl (C=O) groups is 1. The van der Waals surface area contributed by atoms with Crippen LogP contribution in [0.2, 0.25) is 0 Å². The van der Waals surface area contributed by atoms with E-state index in [1.54, 1.807) is 6.92 Å². The molecule has 2 aromatic carbocycles. The minimum absolute atomic E-state index is 0.0667. The van der Waals surface area contributed by atoms with Crippen molar-refractivity contribution in [3.05, 3.63) is 76.2 Å². The molecule has 156 valence electrons. The van der Waals surface area contributed by atoms with Gasteiger partial charge < -0.3 is 10.3 Å². The molecule has 0 aliphatic heterocycles. The Morgan fingerprint density at radius 1 is 1.13 bits per heavy atom. The van der Waals surface area contributed by atoms with Gasteiger partial charge in [-0.25, -0.2) is 4.98 Å². The molecule has 0 atom stereocenters. The van der Waals surface area contributed by atoms with Gasteiger partial charge in [0.25, 0.3) is 11.3 Å². The molecule has 5 nitrogen and oxygen atoms in total. The van der Waals surface area contributed by atoms with Crippen LogP contribution in [0.1, 0.15) is 17.7 Å². The molecule has 1 aromatic heterocycles. The third kappa shape index (κ3) is 6.17. The second kappa shape index (κ2) is 10.4. The quantitative estimate of drug-likeness (QED) is 0.371. The van der Waals surface area contributed by atoms with Gasteiger partial charge in [-0.3, -0.25) is 9.59 Å². The number of aryl methyl sites for hydroxylation is 1. The first-order chi connectivity index (χ1) is 14.4. The number of amides is 1. The van der Waals surface area contributed by atoms with E-state index >= 15 is 0 Å². The molecule has 0 unspecified atom stereocenters. The van der Waals surface area contributed by atoms with Crippen LogP contribution in [0.15, 0.2) is 74.3 Å². The van der Waals surface area contributed by atoms with Crippen LogP contribution in [-0.2, 0) is 11.2 Å². The fourth-order valence-electron chi connectivity index (χ4n) is 2.74. The average Bonchev–Trinajstić information content (AvgIpc) is 2.69. The summed E-state index contributed by atoms with van der Waals surface area (Å²) in [5, 5.41) is 2.75. The van der Waals surface area contributed by atoms with Crippen LogP contribution in [0, 0.1) is 6.92 Å². The summed E-state index contributed by atoms with van der Waals surface area (Å²) >= 11 is 1.72. The molecule has 0 fully saturated rings. The largest absolute Gasteiger partial charge is 0.325 e. The van der Waals surface area contributed by atoms with Crippen molar-refractivity contribution in [3.8, 4) is 0 Å². The van der Waals surface area contributed by atoms with E-state index in [1.807, 2.05) is 54.6 Å². The molecule has 1 heterocycles. The number of hydrogen-bond donors (Lipinski definition) is 2. The van der Waals surface area contributed by atoms with Crippen molar-refractivity contribution in [1.82, 2.24) is 9.97 Å². The monoisotopic (exact) mass is 447 g/mol. The summed E-state index contributed by atoms with van der Waals surface area (Å²) in [4.78, 5) is 32.9. The van der Waals surface area contributed by atoms with Crippen molar-refractivity contribution in [1.29, 1.82) is 0 Å². The highest BCUT2D eigenvalue weighted by Gasteiger charge is 2.14. The highest BCUT2D eigenvalue weighted by molar-refractivity contribution is 7.99. The van der Waals surface area contributed by atoms with Crippen LogP contribution in [-0.4, -0.2) is 21.6 Å². The lowest BCUT2D eigenvalue weighted by atomic mass is 10.1. The Morgan fingerprint density at radius 2 is 1.83 bits per heavy atom. The van der Waals surface area contributed by atoms with Gasteiger partial charge in [0.15, 0.2) is 5.16 Å². The molecule has 0 saturated heterocycles. The van der Waals surface area contributed by atoms with Crippen LogP contribution >= 0.6 is 23.5 Å². The number of aromatic nitrogens is 2. The molecule has 0 spiro atoms. The fourth-order valence-corrected chi connectivity index (χ4v) is 4.18. The fraction of sp³-hybridized carbons (Fsp3) is 0.190. The van der Waals surface area contributed by atoms with Gasteiger partial charge in [-0.15, -0.1) is 0 Å². The third-order valence-corrected chi connectivity index (χ3v) is 5.81. The number of H-pyrrole nitrogens is 1. The average molecular weight is 448 g/mol. The molecule has 3 aromatic rings. The summed E-state index contributed by atoms with van der Waals surface area (Å²) in [6.07, 6.45) is 0.227. The first-order valence-corrected chi connectivity index (χ1v) is 10.8. The Balaban J connectivity index is 1.65. The molecule has 9 heteroatoms. The number of hydrogen-bond acceptors (Lipinski definition) is 5. The third-order valence-electron chi connectivity index (χ3n) is 4.14. The van der Waals surface area contributed by atoms with Crippen LogP contribution < -0.4 is 10.9 Å². The molecule has 0 radical (unpaired) electrons. The van der Waals surface area contributed by atoms with Gasteiger partial charge in [-0.05, 0) is 49.4 Å². The number of para-hydroxylation sites is 1. The molecule has 0 bridgehead atoms. The van der Waals surface area contributed by atoms with E-state index < -0.39 is 11.3 Å². The Hall–Kier alpha value is -2.65. The minimum Gasteiger partial charge on any atom is -0.325 e. The lowest BCUT2D eigenvalue weighted by molar-refractivity contribution is -0.116. The van der Waals surface area contributed by atoms with E-state index in [-0.39, 0.29) is 35.7 Å². The highest BCUT2D eigenvalue weighted by Crippen LogP contribution is 2.33. The predicted molar refractivity (Wildman–Crippen MR) is 115 cm³/mol. The van der Waals surface area contributed by atoms with Gasteiger partial charge in [0.1, 0.15) is 0 Å². The van der Waals surface area contributed by atoms with Gasteiger partial charge in [-0.1, -0.05) is 42.1 Å². The number of thioether (sulfide) groups is 1. The van der Waals surface area contributed by atoms with Gasteiger partial charge in [0, 0.05) is 27.5 Å². The van der Waals surface area contributed by atoms with Gasteiger partial charge >= 0.3 is 0 Å². The molecule has 0 aliphatic carbocycles. The first kappa shape index (κ1) is 22.0. The number of halogens is 2. The summed E-state index contributed by atoms with van der Waals surface area (Å²) in [6, 6.07) is 17.3. The van der Waals surface area contributed by atoms with E-state index in [2.05, 4.69) is 15.3 Å². The van der Waals surface area contributed by atoms with Gasteiger partial charge in [0.05, 0.1) is 5.69 Å².